The first-order valence-corrected chi connectivity index (χ1v) is 6.87. The van der Waals surface area contributed by atoms with Gasteiger partial charge >= 0.3 is 0 Å². The summed E-state index contributed by atoms with van der Waals surface area (Å²) in [6.07, 6.45) is 0.580. The zero-order chi connectivity index (χ0) is 14.0. The molecule has 19 heavy (non-hydrogen) atoms. The molecule has 0 spiro atoms. The molecule has 7 heteroatoms. The summed E-state index contributed by atoms with van der Waals surface area (Å²) in [4.78, 5) is 32.1. The van der Waals surface area contributed by atoms with Crippen molar-refractivity contribution in [3.63, 3.8) is 0 Å². The molecule has 102 valence electrons. The highest BCUT2D eigenvalue weighted by molar-refractivity contribution is 7.17. The molecule has 0 bridgehead atoms. The Kier molecular flexibility index (Phi) is 3.96. The van der Waals surface area contributed by atoms with E-state index in [0.29, 0.717) is 22.5 Å². The minimum atomic E-state index is -0.512. The van der Waals surface area contributed by atoms with E-state index in [0.717, 1.165) is 0 Å². The van der Waals surface area contributed by atoms with Crippen LogP contribution in [-0.2, 0) is 11.3 Å². The lowest BCUT2D eigenvalue weighted by atomic mass is 10.2. The molecule has 2 aromatic rings. The lowest BCUT2D eigenvalue weighted by molar-refractivity contribution is -0.131. The third kappa shape index (κ3) is 2.82. The van der Waals surface area contributed by atoms with Gasteiger partial charge in [-0.25, -0.2) is 4.98 Å². The number of amides is 1. The molecule has 1 amide bonds. The molecule has 2 rings (SSSR count). The van der Waals surface area contributed by atoms with Gasteiger partial charge in [0.25, 0.3) is 5.56 Å². The van der Waals surface area contributed by atoms with E-state index in [-0.39, 0.29) is 18.0 Å². The smallest absolute Gasteiger partial charge is 0.268 e. The Balaban J connectivity index is 2.21. The minimum absolute atomic E-state index is 0.157. The highest BCUT2D eigenvalue weighted by Crippen LogP contribution is 2.14. The maximum absolute atomic E-state index is 11.9. The molecule has 1 atom stereocenters. The number of hydrogen-bond donors (Lipinski definition) is 2. The van der Waals surface area contributed by atoms with Crippen LogP contribution in [0.4, 0.5) is 0 Å². The number of hydrogen-bond acceptors (Lipinski definition) is 5. The minimum Gasteiger partial charge on any atom is -0.337 e. The number of carbonyl (C=O) groups is 1. The van der Waals surface area contributed by atoms with Crippen molar-refractivity contribution in [3.8, 4) is 0 Å². The van der Waals surface area contributed by atoms with E-state index >= 15 is 0 Å². The number of H-pyrrole nitrogens is 1. The van der Waals surface area contributed by atoms with Crippen molar-refractivity contribution in [2.24, 2.45) is 5.73 Å². The Morgan fingerprint density at radius 1 is 1.63 bits per heavy atom. The van der Waals surface area contributed by atoms with E-state index in [1.807, 2.05) is 12.3 Å². The van der Waals surface area contributed by atoms with Gasteiger partial charge in [-0.2, -0.15) is 0 Å². The number of aromatic amines is 1. The molecule has 6 nitrogen and oxygen atoms in total. The van der Waals surface area contributed by atoms with Crippen LogP contribution in [0.15, 0.2) is 16.2 Å². The number of likely N-dealkylation sites (N-methyl/N-ethyl adjacent to an activating group) is 1. The first kappa shape index (κ1) is 13.7. The molecule has 0 aliphatic carbocycles. The molecule has 0 unspecified atom stereocenters. The van der Waals surface area contributed by atoms with Crippen LogP contribution < -0.4 is 11.3 Å². The molecular weight excluding hydrogens is 264 g/mol. The third-order valence-electron chi connectivity index (χ3n) is 2.88. The monoisotopic (exact) mass is 280 g/mol. The maximum Gasteiger partial charge on any atom is 0.268 e. The van der Waals surface area contributed by atoms with Crippen LogP contribution in [0, 0.1) is 0 Å². The molecule has 0 aromatic carbocycles. The number of nitrogens with zero attached hydrogens (tertiary/aromatic N) is 2. The third-order valence-corrected chi connectivity index (χ3v) is 3.79. The first-order valence-electron chi connectivity index (χ1n) is 6.00. The maximum atomic E-state index is 11.9. The summed E-state index contributed by atoms with van der Waals surface area (Å²) in [5, 5.41) is 1.82. The van der Waals surface area contributed by atoms with Gasteiger partial charge in [-0.1, -0.05) is 6.92 Å². The molecule has 0 radical (unpaired) electrons. The summed E-state index contributed by atoms with van der Waals surface area (Å²) in [6.45, 7) is 2.10. The largest absolute Gasteiger partial charge is 0.337 e. The number of fused-ring (bicyclic) bond motifs is 1. The molecule has 0 aliphatic heterocycles. The summed E-state index contributed by atoms with van der Waals surface area (Å²) in [5.41, 5.74) is 6.18. The average Bonchev–Trinajstić information content (AvgIpc) is 2.85. The van der Waals surface area contributed by atoms with Crippen molar-refractivity contribution >= 4 is 27.5 Å². The van der Waals surface area contributed by atoms with Crippen molar-refractivity contribution in [1.82, 2.24) is 14.9 Å². The second kappa shape index (κ2) is 5.50. The van der Waals surface area contributed by atoms with Crippen molar-refractivity contribution in [2.45, 2.75) is 25.9 Å². The van der Waals surface area contributed by atoms with Gasteiger partial charge in [-0.3, -0.25) is 9.59 Å². The summed E-state index contributed by atoms with van der Waals surface area (Å²) >= 11 is 1.35. The van der Waals surface area contributed by atoms with Crippen LogP contribution in [0.25, 0.3) is 10.2 Å². The number of thiophene rings is 1. The van der Waals surface area contributed by atoms with Gasteiger partial charge in [0.1, 0.15) is 10.5 Å². The van der Waals surface area contributed by atoms with Crippen LogP contribution in [0.3, 0.4) is 0 Å². The van der Waals surface area contributed by atoms with Crippen LogP contribution in [0.5, 0.6) is 0 Å². The Morgan fingerprint density at radius 3 is 3.05 bits per heavy atom. The number of nitrogens with two attached hydrogens (primary N) is 1. The number of aromatic nitrogens is 2. The fourth-order valence-corrected chi connectivity index (χ4v) is 2.48. The number of nitrogens with one attached hydrogen (secondary N) is 1. The summed E-state index contributed by atoms with van der Waals surface area (Å²) in [7, 11) is 1.65. The van der Waals surface area contributed by atoms with E-state index in [2.05, 4.69) is 9.97 Å². The van der Waals surface area contributed by atoms with E-state index in [1.165, 1.54) is 16.2 Å². The van der Waals surface area contributed by atoms with Crippen molar-refractivity contribution in [3.05, 3.63) is 27.6 Å². The summed E-state index contributed by atoms with van der Waals surface area (Å²) in [6, 6.07) is 1.28. The lowest BCUT2D eigenvalue weighted by Gasteiger charge is -2.19. The van der Waals surface area contributed by atoms with E-state index < -0.39 is 6.04 Å². The number of carbonyl (C=O) groups excluding carboxylic acids is 1. The predicted molar refractivity (Wildman–Crippen MR) is 75.0 cm³/mol. The normalized spacial score (nSPS) is 12.6. The Morgan fingerprint density at radius 2 is 2.37 bits per heavy atom. The Labute approximate surface area is 114 Å². The molecule has 3 N–H and O–H groups in total. The highest BCUT2D eigenvalue weighted by Gasteiger charge is 2.17. The molecule has 0 saturated heterocycles. The standard InChI is InChI=1S/C12H16N4O2S/c1-3-7(13)12(18)16(2)6-9-14-8-4-5-19-10(8)11(17)15-9/h4-5,7H,3,6,13H2,1-2H3,(H,14,15,17)/t7-/m0/s1. The van der Waals surface area contributed by atoms with Gasteiger partial charge in [0.2, 0.25) is 5.91 Å². The van der Waals surface area contributed by atoms with Gasteiger partial charge in [-0.05, 0) is 17.9 Å². The number of rotatable bonds is 4. The van der Waals surface area contributed by atoms with Crippen LogP contribution in [0.1, 0.15) is 19.2 Å². The van der Waals surface area contributed by atoms with Crippen LogP contribution in [0.2, 0.25) is 0 Å². The second-order valence-corrected chi connectivity index (χ2v) is 5.27. The Bertz CT molecular complexity index is 648. The van der Waals surface area contributed by atoms with Crippen LogP contribution >= 0.6 is 11.3 Å². The molecule has 0 aliphatic rings. The summed E-state index contributed by atoms with van der Waals surface area (Å²) < 4.78 is 0.600. The molecule has 2 aromatic heterocycles. The molecular formula is C12H16N4O2S. The van der Waals surface area contributed by atoms with Gasteiger partial charge in [0.15, 0.2) is 0 Å². The van der Waals surface area contributed by atoms with Gasteiger partial charge in [0, 0.05) is 7.05 Å². The SMILES string of the molecule is CC[C@H](N)C(=O)N(C)Cc1nc2ccsc2c(=O)[nH]1. The highest BCUT2D eigenvalue weighted by atomic mass is 32.1. The van der Waals surface area contributed by atoms with Crippen molar-refractivity contribution in [2.75, 3.05) is 7.05 Å². The fraction of sp³-hybridized carbons (Fsp3) is 0.417. The molecule has 2 heterocycles. The average molecular weight is 280 g/mol. The van der Waals surface area contributed by atoms with E-state index in [4.69, 9.17) is 5.73 Å². The van der Waals surface area contributed by atoms with Crippen molar-refractivity contribution < 1.29 is 4.79 Å². The fourth-order valence-electron chi connectivity index (χ4n) is 1.76. The lowest BCUT2D eigenvalue weighted by Crippen LogP contribution is -2.41. The zero-order valence-corrected chi connectivity index (χ0v) is 11.7. The van der Waals surface area contributed by atoms with Gasteiger partial charge in [-0.15, -0.1) is 11.3 Å². The first-order chi connectivity index (χ1) is 9.02. The zero-order valence-electron chi connectivity index (χ0n) is 10.8. The predicted octanol–water partition coefficient (Wildman–Crippen LogP) is 0.680. The molecule has 0 saturated carbocycles. The molecule has 0 fully saturated rings. The van der Waals surface area contributed by atoms with Gasteiger partial charge < -0.3 is 15.6 Å². The summed E-state index contributed by atoms with van der Waals surface area (Å²) in [5.74, 6) is 0.311. The van der Waals surface area contributed by atoms with Gasteiger partial charge in [0.05, 0.1) is 18.1 Å². The quantitative estimate of drug-likeness (QED) is 0.861. The topological polar surface area (TPSA) is 92.1 Å². The van der Waals surface area contributed by atoms with Crippen LogP contribution in [-0.4, -0.2) is 33.9 Å². The Hall–Kier alpha value is -1.73. The van der Waals surface area contributed by atoms with E-state index in [1.54, 1.807) is 13.1 Å². The van der Waals surface area contributed by atoms with Crippen molar-refractivity contribution in [1.29, 1.82) is 0 Å². The second-order valence-electron chi connectivity index (χ2n) is 4.36. The van der Waals surface area contributed by atoms with E-state index in [9.17, 15) is 9.59 Å².